The number of para-hydroxylation sites is 1. The summed E-state index contributed by atoms with van der Waals surface area (Å²) < 4.78 is 0. The van der Waals surface area contributed by atoms with E-state index in [1.165, 1.54) is 0 Å². The standard InChI is InChI=1S/C10H13NO2/c1-10(2,9(12)13)11-8-6-4-3-5-7-8/h3-7,11H,1-2H3,(H,12,13). The van der Waals surface area contributed by atoms with Crippen molar-refractivity contribution < 1.29 is 9.90 Å². The van der Waals surface area contributed by atoms with Gasteiger partial charge in [0.1, 0.15) is 5.54 Å². The third-order valence-electron chi connectivity index (χ3n) is 1.77. The van der Waals surface area contributed by atoms with E-state index in [9.17, 15) is 4.79 Å². The summed E-state index contributed by atoms with van der Waals surface area (Å²) >= 11 is 0. The van der Waals surface area contributed by atoms with Gasteiger partial charge in [-0.25, -0.2) is 4.79 Å². The number of carboxylic acid groups (broad SMARTS) is 1. The normalized spacial score (nSPS) is 10.9. The van der Waals surface area contributed by atoms with Crippen molar-refractivity contribution in [2.45, 2.75) is 19.4 Å². The van der Waals surface area contributed by atoms with Crippen molar-refractivity contribution >= 4 is 11.7 Å². The van der Waals surface area contributed by atoms with E-state index < -0.39 is 11.5 Å². The van der Waals surface area contributed by atoms with Gasteiger partial charge in [-0.3, -0.25) is 0 Å². The maximum Gasteiger partial charge on any atom is 0.328 e. The smallest absolute Gasteiger partial charge is 0.328 e. The first-order chi connectivity index (χ1) is 6.02. The minimum absolute atomic E-state index is 0.815. The average molecular weight is 179 g/mol. The molecule has 0 aliphatic rings. The molecule has 3 nitrogen and oxygen atoms in total. The molecule has 0 aliphatic carbocycles. The molecule has 0 aromatic heterocycles. The fourth-order valence-corrected chi connectivity index (χ4v) is 0.936. The summed E-state index contributed by atoms with van der Waals surface area (Å²) in [5.41, 5.74) is -0.114. The van der Waals surface area contributed by atoms with Crippen molar-refractivity contribution in [3.8, 4) is 0 Å². The van der Waals surface area contributed by atoms with Crippen LogP contribution in [0.4, 0.5) is 5.69 Å². The van der Waals surface area contributed by atoms with Crippen molar-refractivity contribution in [1.82, 2.24) is 0 Å². The maximum absolute atomic E-state index is 10.8. The molecule has 13 heavy (non-hydrogen) atoms. The number of hydrogen-bond donors (Lipinski definition) is 2. The lowest BCUT2D eigenvalue weighted by Crippen LogP contribution is -2.39. The lowest BCUT2D eigenvalue weighted by atomic mass is 10.1. The summed E-state index contributed by atoms with van der Waals surface area (Å²) in [4.78, 5) is 10.8. The monoisotopic (exact) mass is 179 g/mol. The molecule has 0 aliphatic heterocycles. The molecule has 1 aromatic carbocycles. The minimum atomic E-state index is -0.929. The van der Waals surface area contributed by atoms with E-state index in [4.69, 9.17) is 5.11 Å². The summed E-state index contributed by atoms with van der Waals surface area (Å²) in [7, 11) is 0. The molecular weight excluding hydrogens is 166 g/mol. The number of rotatable bonds is 3. The van der Waals surface area contributed by atoms with Gasteiger partial charge in [-0.1, -0.05) is 18.2 Å². The molecule has 1 aromatic rings. The highest BCUT2D eigenvalue weighted by molar-refractivity contribution is 5.81. The van der Waals surface area contributed by atoms with E-state index in [-0.39, 0.29) is 0 Å². The summed E-state index contributed by atoms with van der Waals surface area (Å²) in [5.74, 6) is -0.864. The number of hydrogen-bond acceptors (Lipinski definition) is 2. The van der Waals surface area contributed by atoms with Crippen LogP contribution >= 0.6 is 0 Å². The maximum atomic E-state index is 10.8. The molecule has 2 N–H and O–H groups in total. The first-order valence-electron chi connectivity index (χ1n) is 4.09. The minimum Gasteiger partial charge on any atom is -0.480 e. The molecule has 0 fully saturated rings. The van der Waals surface area contributed by atoms with Crippen LogP contribution in [-0.2, 0) is 4.79 Å². The van der Waals surface area contributed by atoms with E-state index >= 15 is 0 Å². The van der Waals surface area contributed by atoms with Crippen LogP contribution in [0.2, 0.25) is 0 Å². The van der Waals surface area contributed by atoms with Gasteiger partial charge in [0.05, 0.1) is 0 Å². The van der Waals surface area contributed by atoms with Crippen molar-refractivity contribution in [2.24, 2.45) is 0 Å². The summed E-state index contributed by atoms with van der Waals surface area (Å²) in [6.45, 7) is 3.25. The molecule has 0 unspecified atom stereocenters. The largest absolute Gasteiger partial charge is 0.480 e. The molecule has 0 saturated carbocycles. The molecule has 0 bridgehead atoms. The topological polar surface area (TPSA) is 49.3 Å². The van der Waals surface area contributed by atoms with Crippen LogP contribution in [0.1, 0.15) is 13.8 Å². The van der Waals surface area contributed by atoms with E-state index in [1.807, 2.05) is 30.3 Å². The van der Waals surface area contributed by atoms with Crippen LogP contribution < -0.4 is 5.32 Å². The number of carboxylic acids is 1. The Morgan fingerprint density at radius 3 is 2.31 bits per heavy atom. The third kappa shape index (κ3) is 2.47. The van der Waals surface area contributed by atoms with Crippen LogP contribution in [0.25, 0.3) is 0 Å². The van der Waals surface area contributed by atoms with Gasteiger partial charge in [-0.15, -0.1) is 0 Å². The third-order valence-corrected chi connectivity index (χ3v) is 1.77. The molecule has 0 radical (unpaired) electrons. The highest BCUT2D eigenvalue weighted by Gasteiger charge is 2.26. The SMILES string of the molecule is CC(C)(Nc1ccccc1)C(=O)O. The molecule has 0 spiro atoms. The van der Waals surface area contributed by atoms with E-state index in [2.05, 4.69) is 5.32 Å². The Labute approximate surface area is 77.4 Å². The van der Waals surface area contributed by atoms with Crippen molar-refractivity contribution in [1.29, 1.82) is 0 Å². The van der Waals surface area contributed by atoms with Crippen LogP contribution in [0.5, 0.6) is 0 Å². The first kappa shape index (κ1) is 9.58. The Hall–Kier alpha value is -1.51. The Bertz CT molecular complexity index is 293. The fourth-order valence-electron chi connectivity index (χ4n) is 0.936. The number of aliphatic carboxylic acids is 1. The zero-order valence-electron chi connectivity index (χ0n) is 7.74. The molecule has 3 heteroatoms. The van der Waals surface area contributed by atoms with Crippen molar-refractivity contribution in [2.75, 3.05) is 5.32 Å². The Morgan fingerprint density at radius 2 is 1.85 bits per heavy atom. The van der Waals surface area contributed by atoms with E-state index in [0.29, 0.717) is 0 Å². The van der Waals surface area contributed by atoms with Gasteiger partial charge in [0.25, 0.3) is 0 Å². The quantitative estimate of drug-likeness (QED) is 0.745. The summed E-state index contributed by atoms with van der Waals surface area (Å²) in [6, 6.07) is 9.29. The lowest BCUT2D eigenvalue weighted by Gasteiger charge is -2.22. The van der Waals surface area contributed by atoms with Gasteiger partial charge in [0.15, 0.2) is 0 Å². The zero-order chi connectivity index (χ0) is 9.90. The second-order valence-electron chi connectivity index (χ2n) is 3.42. The van der Waals surface area contributed by atoms with E-state index in [1.54, 1.807) is 13.8 Å². The molecular formula is C10H13NO2. The van der Waals surface area contributed by atoms with Crippen LogP contribution in [0.3, 0.4) is 0 Å². The predicted molar refractivity (Wildman–Crippen MR) is 51.8 cm³/mol. The number of benzene rings is 1. The molecule has 0 saturated heterocycles. The molecule has 0 amide bonds. The Balaban J connectivity index is 2.75. The first-order valence-corrected chi connectivity index (χ1v) is 4.09. The predicted octanol–water partition coefficient (Wildman–Crippen LogP) is 1.96. The number of anilines is 1. The van der Waals surface area contributed by atoms with E-state index in [0.717, 1.165) is 5.69 Å². The Morgan fingerprint density at radius 1 is 1.31 bits per heavy atom. The number of nitrogens with one attached hydrogen (secondary N) is 1. The van der Waals surface area contributed by atoms with Crippen LogP contribution in [-0.4, -0.2) is 16.6 Å². The van der Waals surface area contributed by atoms with Gasteiger partial charge in [-0.2, -0.15) is 0 Å². The molecule has 0 atom stereocenters. The van der Waals surface area contributed by atoms with Gasteiger partial charge in [0, 0.05) is 5.69 Å². The van der Waals surface area contributed by atoms with Crippen molar-refractivity contribution in [3.05, 3.63) is 30.3 Å². The number of carbonyl (C=O) groups is 1. The van der Waals surface area contributed by atoms with Gasteiger partial charge in [-0.05, 0) is 26.0 Å². The summed E-state index contributed by atoms with van der Waals surface area (Å²) in [5, 5.41) is 11.8. The van der Waals surface area contributed by atoms with Crippen molar-refractivity contribution in [3.63, 3.8) is 0 Å². The second-order valence-corrected chi connectivity index (χ2v) is 3.42. The molecule has 0 heterocycles. The van der Waals surface area contributed by atoms with Gasteiger partial charge < -0.3 is 10.4 Å². The highest BCUT2D eigenvalue weighted by Crippen LogP contribution is 2.14. The zero-order valence-corrected chi connectivity index (χ0v) is 7.74. The molecule has 1 rings (SSSR count). The average Bonchev–Trinajstić information content (AvgIpc) is 2.05. The second kappa shape index (κ2) is 3.47. The van der Waals surface area contributed by atoms with Gasteiger partial charge >= 0.3 is 5.97 Å². The van der Waals surface area contributed by atoms with Gasteiger partial charge in [0.2, 0.25) is 0 Å². The fraction of sp³-hybridized carbons (Fsp3) is 0.300. The Kier molecular flexibility index (Phi) is 2.56. The van der Waals surface area contributed by atoms with Crippen LogP contribution in [0.15, 0.2) is 30.3 Å². The lowest BCUT2D eigenvalue weighted by molar-refractivity contribution is -0.141. The highest BCUT2D eigenvalue weighted by atomic mass is 16.4. The van der Waals surface area contributed by atoms with Crippen LogP contribution in [0, 0.1) is 0 Å². The molecule has 70 valence electrons. The summed E-state index contributed by atoms with van der Waals surface area (Å²) in [6.07, 6.45) is 0.